The van der Waals surface area contributed by atoms with E-state index in [0.29, 0.717) is 39.5 Å². The molecule has 2 atom stereocenters. The maximum Gasteiger partial charge on any atom is 0.269 e. The number of ether oxygens (including phenoxy) is 2. The number of non-ortho nitro benzene ring substituents is 1. The lowest BCUT2D eigenvalue weighted by Gasteiger charge is -2.35. The van der Waals surface area contributed by atoms with Gasteiger partial charge in [-0.2, -0.15) is 5.26 Å². The standard InChI is InChI=1S/C30H32BrN3O5/c1-5-6-20-11-25-29(26(35)12-20)28(23(15-32)18(4)33-25)21-13-24(31)30(27(14-21)39-17(2)3)38-16-19-7-9-22(10-8-19)34(36)37/h7-10,13-14,17,20,28,33H,5-6,11-12,16H2,1-4H3. The van der Waals surface area contributed by atoms with E-state index in [2.05, 4.69) is 34.2 Å². The third kappa shape index (κ3) is 6.17. The van der Waals surface area contributed by atoms with Crippen LogP contribution in [0.4, 0.5) is 5.69 Å². The smallest absolute Gasteiger partial charge is 0.269 e. The Kier molecular flexibility index (Phi) is 8.76. The van der Waals surface area contributed by atoms with Crippen LogP contribution in [0.25, 0.3) is 0 Å². The zero-order valence-corrected chi connectivity index (χ0v) is 24.1. The Labute approximate surface area is 237 Å². The van der Waals surface area contributed by atoms with Crippen molar-refractivity contribution in [2.45, 2.75) is 72.0 Å². The Morgan fingerprint density at radius 3 is 2.56 bits per heavy atom. The van der Waals surface area contributed by atoms with Crippen molar-refractivity contribution in [3.05, 3.63) is 84.7 Å². The van der Waals surface area contributed by atoms with Gasteiger partial charge in [0.1, 0.15) is 6.61 Å². The summed E-state index contributed by atoms with van der Waals surface area (Å²) in [4.78, 5) is 24.0. The molecule has 1 aliphatic heterocycles. The SMILES string of the molecule is CCCC1CC(=O)C2=C(C1)NC(C)=C(C#N)C2c1cc(Br)c(OCc2ccc([N+](=O)[O-])cc2)c(OC(C)C)c1. The highest BCUT2D eigenvalue weighted by Crippen LogP contribution is 2.47. The monoisotopic (exact) mass is 593 g/mol. The number of dihydropyridines is 1. The number of carbonyl (C=O) groups excluding carboxylic acids is 1. The molecule has 0 amide bonds. The van der Waals surface area contributed by atoms with Gasteiger partial charge in [-0.1, -0.05) is 13.3 Å². The zero-order chi connectivity index (χ0) is 28.3. The minimum absolute atomic E-state index is 0.0127. The van der Waals surface area contributed by atoms with Crippen molar-refractivity contribution < 1.29 is 19.2 Å². The second-order valence-electron chi connectivity index (χ2n) is 10.3. The molecule has 4 rings (SSSR count). The van der Waals surface area contributed by atoms with Crippen LogP contribution in [0.2, 0.25) is 0 Å². The van der Waals surface area contributed by atoms with E-state index in [4.69, 9.17) is 9.47 Å². The van der Waals surface area contributed by atoms with Gasteiger partial charge < -0.3 is 14.8 Å². The summed E-state index contributed by atoms with van der Waals surface area (Å²) in [5.74, 6) is 0.835. The first-order valence-electron chi connectivity index (χ1n) is 13.1. The number of allylic oxidation sites excluding steroid dienone is 4. The molecule has 1 aliphatic carbocycles. The molecule has 2 aromatic carbocycles. The highest BCUT2D eigenvalue weighted by molar-refractivity contribution is 9.10. The lowest BCUT2D eigenvalue weighted by atomic mass is 9.72. The van der Waals surface area contributed by atoms with Gasteiger partial charge in [0.05, 0.1) is 33.1 Å². The minimum Gasteiger partial charge on any atom is -0.487 e. The van der Waals surface area contributed by atoms with Crippen molar-refractivity contribution >= 4 is 27.4 Å². The van der Waals surface area contributed by atoms with Crippen molar-refractivity contribution in [2.75, 3.05) is 0 Å². The average Bonchev–Trinajstić information content (AvgIpc) is 2.87. The van der Waals surface area contributed by atoms with Gasteiger partial charge in [0, 0.05) is 35.5 Å². The molecular weight excluding hydrogens is 562 g/mol. The highest BCUT2D eigenvalue weighted by Gasteiger charge is 2.39. The van der Waals surface area contributed by atoms with E-state index in [1.54, 1.807) is 12.1 Å². The largest absolute Gasteiger partial charge is 0.487 e. The summed E-state index contributed by atoms with van der Waals surface area (Å²) in [6, 6.07) is 12.3. The first-order chi connectivity index (χ1) is 18.6. The number of nitriles is 1. The van der Waals surface area contributed by atoms with Crippen LogP contribution in [-0.2, 0) is 11.4 Å². The fraction of sp³-hybridized carbons (Fsp3) is 0.400. The number of carbonyl (C=O) groups is 1. The van der Waals surface area contributed by atoms with Gasteiger partial charge in [-0.25, -0.2) is 0 Å². The predicted molar refractivity (Wildman–Crippen MR) is 151 cm³/mol. The van der Waals surface area contributed by atoms with Gasteiger partial charge in [-0.15, -0.1) is 0 Å². The molecule has 39 heavy (non-hydrogen) atoms. The molecule has 0 spiro atoms. The van der Waals surface area contributed by atoms with Gasteiger partial charge in [0.2, 0.25) is 0 Å². The Balaban J connectivity index is 1.73. The second kappa shape index (κ2) is 12.0. The normalized spacial score (nSPS) is 18.9. The maximum atomic E-state index is 13.5. The number of benzene rings is 2. The first-order valence-corrected chi connectivity index (χ1v) is 13.9. The number of Topliss-reactive ketones (excluding diaryl/α,β-unsaturated/α-hetero) is 1. The van der Waals surface area contributed by atoms with Crippen LogP contribution in [0.3, 0.4) is 0 Å². The Morgan fingerprint density at radius 2 is 1.95 bits per heavy atom. The fourth-order valence-electron chi connectivity index (χ4n) is 5.32. The van der Waals surface area contributed by atoms with Gasteiger partial charge in [0.25, 0.3) is 5.69 Å². The lowest BCUT2D eigenvalue weighted by Crippen LogP contribution is -2.34. The number of nitro benzene ring substituents is 1. The third-order valence-electron chi connectivity index (χ3n) is 6.99. The summed E-state index contributed by atoms with van der Waals surface area (Å²) in [5.41, 5.74) is 4.38. The molecule has 9 heteroatoms. The van der Waals surface area contributed by atoms with Crippen molar-refractivity contribution in [1.29, 1.82) is 5.26 Å². The molecule has 2 aromatic rings. The summed E-state index contributed by atoms with van der Waals surface area (Å²) in [7, 11) is 0. The van der Waals surface area contributed by atoms with Crippen molar-refractivity contribution in [3.63, 3.8) is 0 Å². The molecule has 0 aromatic heterocycles. The fourth-order valence-corrected chi connectivity index (χ4v) is 5.89. The first kappa shape index (κ1) is 28.4. The van der Waals surface area contributed by atoms with E-state index >= 15 is 0 Å². The maximum absolute atomic E-state index is 13.5. The molecule has 1 N–H and O–H groups in total. The van der Waals surface area contributed by atoms with Gasteiger partial charge in [0.15, 0.2) is 17.3 Å². The van der Waals surface area contributed by atoms with Crippen LogP contribution >= 0.6 is 15.9 Å². The number of rotatable bonds is 9. The minimum atomic E-state index is -0.504. The summed E-state index contributed by atoms with van der Waals surface area (Å²) in [5, 5.41) is 24.4. The molecule has 0 saturated carbocycles. The predicted octanol–water partition coefficient (Wildman–Crippen LogP) is 7.24. The highest BCUT2D eigenvalue weighted by atomic mass is 79.9. The molecule has 8 nitrogen and oxygen atoms in total. The van der Waals surface area contributed by atoms with Crippen LogP contribution in [0, 0.1) is 27.4 Å². The molecular formula is C30H32BrN3O5. The second-order valence-corrected chi connectivity index (χ2v) is 11.2. The van der Waals surface area contributed by atoms with E-state index in [0.717, 1.165) is 41.8 Å². The van der Waals surface area contributed by atoms with E-state index in [-0.39, 0.29) is 24.2 Å². The molecule has 0 bridgehead atoms. The third-order valence-corrected chi connectivity index (χ3v) is 7.58. The Hall–Kier alpha value is -3.64. The van der Waals surface area contributed by atoms with Crippen LogP contribution in [0.5, 0.6) is 11.5 Å². The number of nitrogens with one attached hydrogen (secondary N) is 1. The van der Waals surface area contributed by atoms with E-state index in [1.165, 1.54) is 12.1 Å². The van der Waals surface area contributed by atoms with Crippen LogP contribution in [-0.4, -0.2) is 16.8 Å². The van der Waals surface area contributed by atoms with Gasteiger partial charge >= 0.3 is 0 Å². The van der Waals surface area contributed by atoms with Crippen molar-refractivity contribution in [1.82, 2.24) is 5.32 Å². The van der Waals surface area contributed by atoms with E-state index < -0.39 is 10.8 Å². The van der Waals surface area contributed by atoms with Gasteiger partial charge in [-0.3, -0.25) is 14.9 Å². The summed E-state index contributed by atoms with van der Waals surface area (Å²) < 4.78 is 12.9. The van der Waals surface area contributed by atoms with Crippen molar-refractivity contribution in [2.24, 2.45) is 5.92 Å². The summed E-state index contributed by atoms with van der Waals surface area (Å²) >= 11 is 3.64. The number of hydrogen-bond donors (Lipinski definition) is 1. The Morgan fingerprint density at radius 1 is 1.23 bits per heavy atom. The van der Waals surface area contributed by atoms with E-state index in [9.17, 15) is 20.2 Å². The molecule has 204 valence electrons. The molecule has 2 aliphatic rings. The topological polar surface area (TPSA) is 114 Å². The molecule has 0 saturated heterocycles. The number of nitrogens with zero attached hydrogens (tertiary/aromatic N) is 2. The van der Waals surface area contributed by atoms with Crippen LogP contribution < -0.4 is 14.8 Å². The number of halogens is 1. The zero-order valence-electron chi connectivity index (χ0n) is 22.5. The van der Waals surface area contributed by atoms with Crippen molar-refractivity contribution in [3.8, 4) is 17.6 Å². The van der Waals surface area contributed by atoms with Gasteiger partial charge in [-0.05, 0) is 90.9 Å². The summed E-state index contributed by atoms with van der Waals surface area (Å²) in [6.45, 7) is 8.01. The number of hydrogen-bond acceptors (Lipinski definition) is 7. The van der Waals surface area contributed by atoms with Crippen LogP contribution in [0.1, 0.15) is 70.4 Å². The molecule has 2 unspecified atom stereocenters. The number of ketones is 1. The quantitative estimate of drug-likeness (QED) is 0.240. The lowest BCUT2D eigenvalue weighted by molar-refractivity contribution is -0.384. The Bertz CT molecular complexity index is 1390. The average molecular weight is 595 g/mol. The molecule has 1 heterocycles. The van der Waals surface area contributed by atoms with E-state index in [1.807, 2.05) is 32.9 Å². The molecule has 0 fully saturated rings. The number of nitro groups is 1. The summed E-state index contributed by atoms with van der Waals surface area (Å²) in [6.07, 6.45) is 3.12. The van der Waals surface area contributed by atoms with Crippen LogP contribution in [0.15, 0.2) is 63.4 Å². The molecule has 0 radical (unpaired) electrons.